The lowest BCUT2D eigenvalue weighted by Crippen LogP contribution is -2.18. The first-order valence-corrected chi connectivity index (χ1v) is 4.24. The van der Waals surface area contributed by atoms with Gasteiger partial charge in [0.05, 0.1) is 11.3 Å². The molecule has 0 aliphatic carbocycles. The zero-order valence-corrected chi connectivity index (χ0v) is 8.11. The highest BCUT2D eigenvalue weighted by atomic mass is 19.2. The van der Waals surface area contributed by atoms with Crippen LogP contribution in [0.2, 0.25) is 0 Å². The van der Waals surface area contributed by atoms with Crippen molar-refractivity contribution < 1.29 is 13.7 Å². The molecule has 0 unspecified atom stereocenters. The molecule has 0 fully saturated rings. The fourth-order valence-corrected chi connectivity index (χ4v) is 1.11. The number of hydrogen-bond donors (Lipinski definition) is 2. The van der Waals surface area contributed by atoms with Crippen LogP contribution in [0, 0.1) is 21.7 Å². The summed E-state index contributed by atoms with van der Waals surface area (Å²) in [4.78, 5) is 9.76. The lowest BCUT2D eigenvalue weighted by atomic mass is 10.1. The molecule has 0 aliphatic rings. The standard InChI is InChI=1S/C9H9F2N3O2/c10-6-2-1-5(3-7(6)11)4-8(9(12)13)14(15)16/h1-3H,4,12-13H2. The topological polar surface area (TPSA) is 95.2 Å². The minimum atomic E-state index is -1.07. The Bertz CT molecular complexity index is 456. The zero-order valence-electron chi connectivity index (χ0n) is 8.11. The van der Waals surface area contributed by atoms with Crippen LogP contribution in [0.5, 0.6) is 0 Å². The molecule has 16 heavy (non-hydrogen) atoms. The summed E-state index contributed by atoms with van der Waals surface area (Å²) in [5, 5.41) is 10.5. The van der Waals surface area contributed by atoms with Crippen molar-refractivity contribution in [3.63, 3.8) is 0 Å². The van der Waals surface area contributed by atoms with Crippen molar-refractivity contribution in [2.24, 2.45) is 11.5 Å². The predicted molar refractivity (Wildman–Crippen MR) is 52.5 cm³/mol. The third-order valence-corrected chi connectivity index (χ3v) is 1.91. The lowest BCUT2D eigenvalue weighted by Gasteiger charge is -2.02. The van der Waals surface area contributed by atoms with Crippen molar-refractivity contribution in [3.05, 3.63) is 57.0 Å². The average molecular weight is 229 g/mol. The average Bonchev–Trinajstić information content (AvgIpc) is 2.18. The third kappa shape index (κ3) is 2.66. The summed E-state index contributed by atoms with van der Waals surface area (Å²) in [6.07, 6.45) is -0.257. The van der Waals surface area contributed by atoms with E-state index >= 15 is 0 Å². The van der Waals surface area contributed by atoms with E-state index in [0.717, 1.165) is 12.1 Å². The Balaban J connectivity index is 3.00. The zero-order chi connectivity index (χ0) is 12.3. The van der Waals surface area contributed by atoms with Crippen molar-refractivity contribution in [1.29, 1.82) is 0 Å². The molecule has 0 aliphatic heterocycles. The maximum absolute atomic E-state index is 12.8. The summed E-state index contributed by atoms with van der Waals surface area (Å²) in [7, 11) is 0. The van der Waals surface area contributed by atoms with E-state index in [2.05, 4.69) is 0 Å². The van der Waals surface area contributed by atoms with Crippen molar-refractivity contribution in [2.75, 3.05) is 0 Å². The van der Waals surface area contributed by atoms with Gasteiger partial charge in [-0.05, 0) is 17.7 Å². The Kier molecular flexibility index (Phi) is 3.39. The molecule has 5 nitrogen and oxygen atoms in total. The molecule has 0 radical (unpaired) electrons. The molecule has 0 bridgehead atoms. The molecule has 0 aromatic heterocycles. The maximum atomic E-state index is 12.8. The van der Waals surface area contributed by atoms with E-state index in [0.29, 0.717) is 0 Å². The summed E-state index contributed by atoms with van der Waals surface area (Å²) in [5.74, 6) is -2.54. The second-order valence-electron chi connectivity index (χ2n) is 3.08. The largest absolute Gasteiger partial charge is 0.380 e. The molecule has 0 spiro atoms. The van der Waals surface area contributed by atoms with Gasteiger partial charge < -0.3 is 11.5 Å². The molecule has 0 amide bonds. The second-order valence-corrected chi connectivity index (χ2v) is 3.08. The van der Waals surface area contributed by atoms with Gasteiger partial charge in [-0.1, -0.05) is 6.07 Å². The number of rotatable bonds is 3. The smallest absolute Gasteiger partial charge is 0.289 e. The number of benzene rings is 1. The predicted octanol–water partition coefficient (Wildman–Crippen LogP) is 0.871. The molecule has 1 aromatic rings. The van der Waals surface area contributed by atoms with Gasteiger partial charge >= 0.3 is 0 Å². The van der Waals surface area contributed by atoms with Gasteiger partial charge in [0.2, 0.25) is 0 Å². The molecule has 0 saturated heterocycles. The van der Waals surface area contributed by atoms with Gasteiger partial charge in [-0.15, -0.1) is 0 Å². The van der Waals surface area contributed by atoms with Crippen LogP contribution in [0.3, 0.4) is 0 Å². The van der Waals surface area contributed by atoms with Crippen molar-refractivity contribution in [1.82, 2.24) is 0 Å². The summed E-state index contributed by atoms with van der Waals surface area (Å²) >= 11 is 0. The maximum Gasteiger partial charge on any atom is 0.289 e. The lowest BCUT2D eigenvalue weighted by molar-refractivity contribution is -0.428. The van der Waals surface area contributed by atoms with E-state index in [1.807, 2.05) is 0 Å². The minimum Gasteiger partial charge on any atom is -0.380 e. The normalized spacial score (nSPS) is 9.88. The molecule has 7 heteroatoms. The van der Waals surface area contributed by atoms with E-state index in [9.17, 15) is 18.9 Å². The van der Waals surface area contributed by atoms with Crippen LogP contribution < -0.4 is 11.5 Å². The second kappa shape index (κ2) is 4.56. The van der Waals surface area contributed by atoms with Crippen LogP contribution in [0.4, 0.5) is 8.78 Å². The summed E-state index contributed by atoms with van der Waals surface area (Å²) in [6.45, 7) is 0. The van der Waals surface area contributed by atoms with E-state index in [4.69, 9.17) is 11.5 Å². The van der Waals surface area contributed by atoms with Gasteiger partial charge in [-0.25, -0.2) is 8.78 Å². The van der Waals surface area contributed by atoms with E-state index in [1.54, 1.807) is 0 Å². The fourth-order valence-electron chi connectivity index (χ4n) is 1.11. The SMILES string of the molecule is NC(N)=C(Cc1ccc(F)c(F)c1)[N+](=O)[O-]. The van der Waals surface area contributed by atoms with Crippen molar-refractivity contribution in [2.45, 2.75) is 6.42 Å². The Morgan fingerprint density at radius 3 is 2.38 bits per heavy atom. The van der Waals surface area contributed by atoms with Gasteiger partial charge in [0.25, 0.3) is 5.70 Å². The first-order chi connectivity index (χ1) is 7.41. The number of halogens is 2. The van der Waals surface area contributed by atoms with Crippen LogP contribution in [0.25, 0.3) is 0 Å². The monoisotopic (exact) mass is 229 g/mol. The highest BCUT2D eigenvalue weighted by molar-refractivity contribution is 5.22. The van der Waals surface area contributed by atoms with Gasteiger partial charge in [-0.3, -0.25) is 10.1 Å². The Hall–Kier alpha value is -2.18. The molecule has 86 valence electrons. The Morgan fingerprint density at radius 2 is 1.94 bits per heavy atom. The van der Waals surface area contributed by atoms with Crippen LogP contribution >= 0.6 is 0 Å². The summed E-state index contributed by atoms with van der Waals surface area (Å²) in [5.41, 5.74) is 9.99. The quantitative estimate of drug-likeness (QED) is 0.593. The highest BCUT2D eigenvalue weighted by Gasteiger charge is 2.16. The molecule has 1 rings (SSSR count). The number of nitrogens with zero attached hydrogens (tertiary/aromatic N) is 1. The van der Waals surface area contributed by atoms with E-state index in [1.165, 1.54) is 6.07 Å². The van der Waals surface area contributed by atoms with E-state index in [-0.39, 0.29) is 12.0 Å². The van der Waals surface area contributed by atoms with Crippen molar-refractivity contribution >= 4 is 0 Å². The van der Waals surface area contributed by atoms with Crippen LogP contribution in [0.15, 0.2) is 29.7 Å². The van der Waals surface area contributed by atoms with Crippen LogP contribution in [-0.2, 0) is 6.42 Å². The van der Waals surface area contributed by atoms with Crippen LogP contribution in [0.1, 0.15) is 5.56 Å². The molecule has 0 atom stereocenters. The first kappa shape index (κ1) is 11.9. The molecule has 4 N–H and O–H groups in total. The van der Waals surface area contributed by atoms with Crippen LogP contribution in [-0.4, -0.2) is 4.92 Å². The molecular formula is C9H9F2N3O2. The van der Waals surface area contributed by atoms with E-state index < -0.39 is 28.1 Å². The minimum absolute atomic E-state index is 0.221. The van der Waals surface area contributed by atoms with Crippen molar-refractivity contribution in [3.8, 4) is 0 Å². The molecule has 0 heterocycles. The third-order valence-electron chi connectivity index (χ3n) is 1.91. The first-order valence-electron chi connectivity index (χ1n) is 4.24. The highest BCUT2D eigenvalue weighted by Crippen LogP contribution is 2.13. The molecular weight excluding hydrogens is 220 g/mol. The number of nitro groups is 1. The summed E-state index contributed by atoms with van der Waals surface area (Å²) in [6, 6.07) is 2.97. The Morgan fingerprint density at radius 1 is 1.31 bits per heavy atom. The molecule has 0 saturated carbocycles. The summed E-state index contributed by atoms with van der Waals surface area (Å²) < 4.78 is 25.4. The number of allylic oxidation sites excluding steroid dienone is 1. The number of hydrogen-bond acceptors (Lipinski definition) is 4. The van der Waals surface area contributed by atoms with Gasteiger partial charge in [0, 0.05) is 0 Å². The Labute approximate surface area is 89.5 Å². The van der Waals surface area contributed by atoms with Gasteiger partial charge in [0.1, 0.15) is 0 Å². The molecule has 1 aromatic carbocycles. The number of nitrogens with two attached hydrogens (primary N) is 2. The van der Waals surface area contributed by atoms with Gasteiger partial charge in [0.15, 0.2) is 17.5 Å². The fraction of sp³-hybridized carbons (Fsp3) is 0.111. The van der Waals surface area contributed by atoms with Gasteiger partial charge in [-0.2, -0.15) is 0 Å².